The molecule has 0 rings (SSSR count). The van der Waals surface area contributed by atoms with Crippen LogP contribution in [-0.2, 0) is 38.1 Å². The van der Waals surface area contributed by atoms with Crippen molar-refractivity contribution in [2.45, 2.75) is 33.6 Å². The lowest BCUT2D eigenvalue weighted by Gasteiger charge is -2.17. The standard InChI is InChI=1S/C16H28O8/c1-13(17)22-6-4-5-16(11-20-7-9-23-14(2)18)12-21-8-10-24-15(3)19/h16H,4-12H2,1-3H3. The summed E-state index contributed by atoms with van der Waals surface area (Å²) in [7, 11) is 0. The maximum atomic E-state index is 10.7. The van der Waals surface area contributed by atoms with Crippen LogP contribution in [0.3, 0.4) is 0 Å². The van der Waals surface area contributed by atoms with E-state index < -0.39 is 0 Å². The van der Waals surface area contributed by atoms with E-state index in [1.165, 1.54) is 20.8 Å². The third kappa shape index (κ3) is 16.7. The molecule has 0 saturated carbocycles. The summed E-state index contributed by atoms with van der Waals surface area (Å²) < 4.78 is 25.4. The van der Waals surface area contributed by atoms with Crippen LogP contribution in [0, 0.1) is 5.92 Å². The maximum Gasteiger partial charge on any atom is 0.302 e. The van der Waals surface area contributed by atoms with Gasteiger partial charge in [0.25, 0.3) is 0 Å². The third-order valence-corrected chi connectivity index (χ3v) is 2.84. The van der Waals surface area contributed by atoms with Gasteiger partial charge in [-0.15, -0.1) is 0 Å². The maximum absolute atomic E-state index is 10.7. The van der Waals surface area contributed by atoms with Crippen molar-refractivity contribution < 1.29 is 38.1 Å². The molecule has 0 unspecified atom stereocenters. The lowest BCUT2D eigenvalue weighted by molar-refractivity contribution is -0.143. The average molecular weight is 348 g/mol. The smallest absolute Gasteiger partial charge is 0.302 e. The molecule has 0 amide bonds. The monoisotopic (exact) mass is 348 g/mol. The van der Waals surface area contributed by atoms with Gasteiger partial charge in [0.05, 0.1) is 33.0 Å². The molecule has 0 aliphatic carbocycles. The second kappa shape index (κ2) is 14.9. The SMILES string of the molecule is CC(=O)OCCCC(COCCOC(C)=O)COCCOC(C)=O. The van der Waals surface area contributed by atoms with Crippen molar-refractivity contribution >= 4 is 17.9 Å². The van der Waals surface area contributed by atoms with Crippen molar-refractivity contribution in [3.05, 3.63) is 0 Å². The van der Waals surface area contributed by atoms with Crippen molar-refractivity contribution in [3.63, 3.8) is 0 Å². The molecule has 24 heavy (non-hydrogen) atoms. The van der Waals surface area contributed by atoms with E-state index in [2.05, 4.69) is 0 Å². The number of hydrogen-bond acceptors (Lipinski definition) is 8. The molecule has 0 aromatic rings. The fourth-order valence-corrected chi connectivity index (χ4v) is 1.79. The molecule has 8 nitrogen and oxygen atoms in total. The molecule has 0 aliphatic heterocycles. The molecular weight excluding hydrogens is 320 g/mol. The topological polar surface area (TPSA) is 97.4 Å². The van der Waals surface area contributed by atoms with E-state index >= 15 is 0 Å². The third-order valence-electron chi connectivity index (χ3n) is 2.84. The molecule has 0 bridgehead atoms. The molecule has 0 aromatic carbocycles. The summed E-state index contributed by atoms with van der Waals surface area (Å²) >= 11 is 0. The minimum Gasteiger partial charge on any atom is -0.466 e. The Hall–Kier alpha value is -1.67. The van der Waals surface area contributed by atoms with E-state index in [1.54, 1.807) is 0 Å². The largest absolute Gasteiger partial charge is 0.466 e. The fraction of sp³-hybridized carbons (Fsp3) is 0.812. The number of esters is 3. The summed E-state index contributed by atoms with van der Waals surface area (Å²) in [5, 5.41) is 0. The molecular formula is C16H28O8. The number of carbonyl (C=O) groups excluding carboxylic acids is 3. The summed E-state index contributed by atoms with van der Waals surface area (Å²) in [5.41, 5.74) is 0. The Balaban J connectivity index is 3.92. The molecule has 0 aliphatic rings. The Morgan fingerprint density at radius 1 is 0.667 bits per heavy atom. The lowest BCUT2D eigenvalue weighted by Crippen LogP contribution is -2.20. The summed E-state index contributed by atoms with van der Waals surface area (Å²) in [6, 6.07) is 0. The van der Waals surface area contributed by atoms with E-state index in [0.29, 0.717) is 39.5 Å². The van der Waals surface area contributed by atoms with Crippen LogP contribution < -0.4 is 0 Å². The minimum absolute atomic E-state index is 0.107. The highest BCUT2D eigenvalue weighted by Gasteiger charge is 2.10. The zero-order chi connectivity index (χ0) is 18.2. The number of hydrogen-bond donors (Lipinski definition) is 0. The van der Waals surface area contributed by atoms with Gasteiger partial charge in [-0.05, 0) is 12.8 Å². The summed E-state index contributed by atoms with van der Waals surface area (Å²) in [6.45, 7) is 6.33. The van der Waals surface area contributed by atoms with Crippen LogP contribution in [0.4, 0.5) is 0 Å². The van der Waals surface area contributed by atoms with Crippen LogP contribution in [0.1, 0.15) is 33.6 Å². The first kappa shape index (κ1) is 22.3. The van der Waals surface area contributed by atoms with E-state index in [0.717, 1.165) is 6.42 Å². The predicted molar refractivity (Wildman–Crippen MR) is 84.3 cm³/mol. The predicted octanol–water partition coefficient (Wildman–Crippen LogP) is 1.11. The Bertz CT molecular complexity index is 345. The second-order valence-corrected chi connectivity index (χ2v) is 5.18. The van der Waals surface area contributed by atoms with Crippen LogP contribution in [0.2, 0.25) is 0 Å². The summed E-state index contributed by atoms with van der Waals surface area (Å²) in [5.74, 6) is -0.882. The van der Waals surface area contributed by atoms with E-state index in [1.807, 2.05) is 0 Å². The first-order chi connectivity index (χ1) is 11.4. The fourth-order valence-electron chi connectivity index (χ4n) is 1.79. The van der Waals surface area contributed by atoms with E-state index in [9.17, 15) is 14.4 Å². The number of rotatable bonds is 14. The zero-order valence-electron chi connectivity index (χ0n) is 14.7. The molecule has 0 aromatic heterocycles. The molecule has 0 radical (unpaired) electrons. The van der Waals surface area contributed by atoms with Crippen LogP contribution >= 0.6 is 0 Å². The van der Waals surface area contributed by atoms with E-state index in [-0.39, 0.29) is 37.0 Å². The van der Waals surface area contributed by atoms with Crippen LogP contribution in [0.25, 0.3) is 0 Å². The molecule has 0 atom stereocenters. The van der Waals surface area contributed by atoms with Gasteiger partial charge in [-0.3, -0.25) is 14.4 Å². The van der Waals surface area contributed by atoms with Gasteiger partial charge < -0.3 is 23.7 Å². The van der Waals surface area contributed by atoms with Crippen molar-refractivity contribution in [1.29, 1.82) is 0 Å². The average Bonchev–Trinajstić information content (AvgIpc) is 2.49. The Labute approximate surface area is 142 Å². The van der Waals surface area contributed by atoms with Crippen LogP contribution in [0.15, 0.2) is 0 Å². The molecule has 0 fully saturated rings. The van der Waals surface area contributed by atoms with Gasteiger partial charge >= 0.3 is 17.9 Å². The molecule has 140 valence electrons. The Kier molecular flexibility index (Phi) is 13.9. The normalized spacial score (nSPS) is 10.5. The van der Waals surface area contributed by atoms with Crippen molar-refractivity contribution in [1.82, 2.24) is 0 Å². The van der Waals surface area contributed by atoms with Gasteiger partial charge in [0.1, 0.15) is 13.2 Å². The Morgan fingerprint density at radius 3 is 1.50 bits per heavy atom. The highest BCUT2D eigenvalue weighted by atomic mass is 16.6. The van der Waals surface area contributed by atoms with Gasteiger partial charge in [0.2, 0.25) is 0 Å². The first-order valence-electron chi connectivity index (χ1n) is 7.97. The summed E-state index contributed by atoms with van der Waals surface area (Å²) in [4.78, 5) is 32.0. The molecule has 0 spiro atoms. The van der Waals surface area contributed by atoms with E-state index in [4.69, 9.17) is 23.7 Å². The minimum atomic E-state index is -0.342. The highest BCUT2D eigenvalue weighted by molar-refractivity contribution is 5.66. The number of carbonyl (C=O) groups is 3. The van der Waals surface area contributed by atoms with Gasteiger partial charge in [-0.25, -0.2) is 0 Å². The summed E-state index contributed by atoms with van der Waals surface area (Å²) in [6.07, 6.45) is 1.46. The highest BCUT2D eigenvalue weighted by Crippen LogP contribution is 2.09. The van der Waals surface area contributed by atoms with Gasteiger partial charge in [-0.2, -0.15) is 0 Å². The van der Waals surface area contributed by atoms with Crippen LogP contribution in [0.5, 0.6) is 0 Å². The first-order valence-corrected chi connectivity index (χ1v) is 7.97. The second-order valence-electron chi connectivity index (χ2n) is 5.18. The van der Waals surface area contributed by atoms with Gasteiger partial charge in [0.15, 0.2) is 0 Å². The number of ether oxygens (including phenoxy) is 5. The molecule has 8 heteroatoms. The van der Waals surface area contributed by atoms with Crippen molar-refractivity contribution in [2.24, 2.45) is 5.92 Å². The lowest BCUT2D eigenvalue weighted by atomic mass is 10.1. The van der Waals surface area contributed by atoms with Crippen LogP contribution in [-0.4, -0.2) is 64.2 Å². The van der Waals surface area contributed by atoms with Crippen molar-refractivity contribution in [2.75, 3.05) is 46.2 Å². The van der Waals surface area contributed by atoms with Gasteiger partial charge in [0, 0.05) is 26.7 Å². The molecule has 0 heterocycles. The van der Waals surface area contributed by atoms with Crippen molar-refractivity contribution in [3.8, 4) is 0 Å². The quantitative estimate of drug-likeness (QED) is 0.262. The van der Waals surface area contributed by atoms with Gasteiger partial charge in [-0.1, -0.05) is 0 Å². The molecule has 0 saturated heterocycles. The molecule has 0 N–H and O–H groups in total. The Morgan fingerprint density at radius 2 is 1.08 bits per heavy atom. The zero-order valence-corrected chi connectivity index (χ0v) is 14.7.